The summed E-state index contributed by atoms with van der Waals surface area (Å²) in [6.07, 6.45) is 2.62. The maximum absolute atomic E-state index is 12.8. The highest BCUT2D eigenvalue weighted by Gasteiger charge is 2.33. The van der Waals surface area contributed by atoms with Crippen LogP contribution < -0.4 is 0 Å². The van der Waals surface area contributed by atoms with Gasteiger partial charge in [-0.25, -0.2) is 0 Å². The minimum atomic E-state index is -0.151. The Morgan fingerprint density at radius 3 is 2.67 bits per heavy atom. The van der Waals surface area contributed by atoms with Gasteiger partial charge in [0.15, 0.2) is 0 Å². The number of hydrogen-bond donors (Lipinski definition) is 1. The average molecular weight is 326 g/mol. The summed E-state index contributed by atoms with van der Waals surface area (Å²) in [6, 6.07) is 11.4. The lowest BCUT2D eigenvalue weighted by molar-refractivity contribution is -0.0954. The molecule has 5 nitrogen and oxygen atoms in total. The number of benzene rings is 1. The van der Waals surface area contributed by atoms with Crippen molar-refractivity contribution in [2.24, 2.45) is 5.92 Å². The number of nitrogens with zero attached hydrogens (tertiary/aromatic N) is 2. The van der Waals surface area contributed by atoms with Gasteiger partial charge < -0.3 is 14.7 Å². The number of rotatable bonds is 3. The third-order valence-electron chi connectivity index (χ3n) is 4.30. The minimum absolute atomic E-state index is 0.00544. The molecule has 1 saturated heterocycles. The van der Waals surface area contributed by atoms with E-state index in [4.69, 9.17) is 4.74 Å². The Morgan fingerprint density at radius 2 is 2.00 bits per heavy atom. The maximum atomic E-state index is 12.8. The zero-order chi connectivity index (χ0) is 17.1. The van der Waals surface area contributed by atoms with Crippen LogP contribution in [0.25, 0.3) is 0 Å². The van der Waals surface area contributed by atoms with Gasteiger partial charge >= 0.3 is 0 Å². The molecule has 1 aliphatic heterocycles. The summed E-state index contributed by atoms with van der Waals surface area (Å²) < 4.78 is 6.22. The van der Waals surface area contributed by atoms with Crippen LogP contribution in [0.2, 0.25) is 0 Å². The van der Waals surface area contributed by atoms with Crippen LogP contribution in [0.15, 0.2) is 48.8 Å². The Balaban J connectivity index is 1.85. The summed E-state index contributed by atoms with van der Waals surface area (Å²) in [7, 11) is 0. The molecule has 0 aliphatic carbocycles. The summed E-state index contributed by atoms with van der Waals surface area (Å²) in [5.41, 5.74) is 1.46. The Labute approximate surface area is 141 Å². The molecule has 1 aromatic carbocycles. The van der Waals surface area contributed by atoms with Crippen molar-refractivity contribution in [2.45, 2.75) is 26.1 Å². The highest BCUT2D eigenvalue weighted by Crippen LogP contribution is 2.29. The fraction of sp³-hybridized carbons (Fsp3) is 0.368. The van der Waals surface area contributed by atoms with Gasteiger partial charge in [-0.1, -0.05) is 44.2 Å². The molecule has 0 unspecified atom stereocenters. The molecule has 1 amide bonds. The third-order valence-corrected chi connectivity index (χ3v) is 4.30. The van der Waals surface area contributed by atoms with E-state index in [0.717, 1.165) is 5.56 Å². The Morgan fingerprint density at radius 1 is 1.25 bits per heavy atom. The maximum Gasteiger partial charge on any atom is 0.255 e. The van der Waals surface area contributed by atoms with Gasteiger partial charge in [-0.3, -0.25) is 9.78 Å². The van der Waals surface area contributed by atoms with E-state index in [1.54, 1.807) is 4.90 Å². The molecule has 1 aliphatic rings. The molecule has 0 bridgehead atoms. The molecule has 5 heteroatoms. The topological polar surface area (TPSA) is 62.7 Å². The van der Waals surface area contributed by atoms with Crippen molar-refractivity contribution < 1.29 is 14.6 Å². The minimum Gasteiger partial charge on any atom is -0.506 e. The van der Waals surface area contributed by atoms with E-state index in [1.807, 2.05) is 30.3 Å². The Bertz CT molecular complexity index is 703. The van der Waals surface area contributed by atoms with Crippen LogP contribution in [0.5, 0.6) is 5.75 Å². The lowest BCUT2D eigenvalue weighted by Gasteiger charge is -2.40. The van der Waals surface area contributed by atoms with Gasteiger partial charge in [-0.05, 0) is 17.5 Å². The molecule has 2 atom stereocenters. The van der Waals surface area contributed by atoms with Crippen LogP contribution in [0.1, 0.15) is 35.9 Å². The van der Waals surface area contributed by atoms with Crippen LogP contribution in [-0.2, 0) is 4.74 Å². The Hall–Kier alpha value is -2.40. The molecular weight excluding hydrogens is 304 g/mol. The first-order valence-electron chi connectivity index (χ1n) is 8.18. The van der Waals surface area contributed by atoms with Crippen molar-refractivity contribution in [3.05, 3.63) is 59.9 Å². The summed E-state index contributed by atoms with van der Waals surface area (Å²) in [5, 5.41) is 9.57. The van der Waals surface area contributed by atoms with E-state index in [1.165, 1.54) is 18.5 Å². The molecule has 0 radical (unpaired) electrons. The van der Waals surface area contributed by atoms with E-state index in [9.17, 15) is 9.90 Å². The van der Waals surface area contributed by atoms with Gasteiger partial charge in [-0.15, -0.1) is 0 Å². The van der Waals surface area contributed by atoms with E-state index >= 15 is 0 Å². The number of pyridine rings is 1. The fourth-order valence-corrected chi connectivity index (χ4v) is 2.90. The van der Waals surface area contributed by atoms with Gasteiger partial charge in [0.1, 0.15) is 11.9 Å². The first kappa shape index (κ1) is 16.5. The molecule has 126 valence electrons. The predicted molar refractivity (Wildman–Crippen MR) is 90.7 cm³/mol. The second-order valence-electron chi connectivity index (χ2n) is 6.46. The highest BCUT2D eigenvalue weighted by molar-refractivity contribution is 5.94. The van der Waals surface area contributed by atoms with Crippen molar-refractivity contribution in [1.29, 1.82) is 0 Å². The molecule has 24 heavy (non-hydrogen) atoms. The average Bonchev–Trinajstić information content (AvgIpc) is 2.61. The van der Waals surface area contributed by atoms with Crippen LogP contribution >= 0.6 is 0 Å². The number of aromatic hydroxyl groups is 1. The SMILES string of the molecule is CC(C)[C@H]1CN(C(=O)c2cncc(O)c2)C[C@@H](c2ccccc2)O1. The van der Waals surface area contributed by atoms with Crippen LogP contribution in [0.4, 0.5) is 0 Å². The number of carbonyl (C=O) groups is 1. The number of carbonyl (C=O) groups excluding carboxylic acids is 1. The molecule has 1 aromatic heterocycles. The number of aromatic nitrogens is 1. The van der Waals surface area contributed by atoms with E-state index in [0.29, 0.717) is 24.6 Å². The molecule has 0 spiro atoms. The number of morpholine rings is 1. The van der Waals surface area contributed by atoms with Crippen LogP contribution in [0.3, 0.4) is 0 Å². The van der Waals surface area contributed by atoms with E-state index < -0.39 is 0 Å². The zero-order valence-electron chi connectivity index (χ0n) is 13.9. The fourth-order valence-electron chi connectivity index (χ4n) is 2.90. The summed E-state index contributed by atoms with van der Waals surface area (Å²) in [4.78, 5) is 18.5. The second-order valence-corrected chi connectivity index (χ2v) is 6.46. The van der Waals surface area contributed by atoms with Crippen LogP contribution in [0, 0.1) is 5.92 Å². The molecule has 0 saturated carbocycles. The molecular formula is C19H22N2O3. The summed E-state index contributed by atoms with van der Waals surface area (Å²) in [6.45, 7) is 5.21. The number of ether oxygens (including phenoxy) is 1. The first-order valence-corrected chi connectivity index (χ1v) is 8.18. The van der Waals surface area contributed by atoms with Gasteiger partial charge in [-0.2, -0.15) is 0 Å². The van der Waals surface area contributed by atoms with E-state index in [2.05, 4.69) is 18.8 Å². The highest BCUT2D eigenvalue weighted by atomic mass is 16.5. The van der Waals surface area contributed by atoms with Gasteiger partial charge in [0, 0.05) is 12.7 Å². The normalized spacial score (nSPS) is 21.0. The standard InChI is InChI=1S/C19H22N2O3/c1-13(2)17-11-21(19(23)15-8-16(22)10-20-9-15)12-18(24-17)14-6-4-3-5-7-14/h3-10,13,17-18,22H,11-12H2,1-2H3/t17-,18+/m1/s1. The summed E-state index contributed by atoms with van der Waals surface area (Å²) in [5.74, 6) is 0.163. The quantitative estimate of drug-likeness (QED) is 0.942. The van der Waals surface area contributed by atoms with Crippen molar-refractivity contribution in [3.63, 3.8) is 0 Å². The third kappa shape index (κ3) is 3.57. The zero-order valence-corrected chi connectivity index (χ0v) is 13.9. The smallest absolute Gasteiger partial charge is 0.255 e. The second kappa shape index (κ2) is 7.01. The molecule has 1 N–H and O–H groups in total. The van der Waals surface area contributed by atoms with Gasteiger partial charge in [0.25, 0.3) is 5.91 Å². The number of amides is 1. The van der Waals surface area contributed by atoms with Gasteiger partial charge in [0.05, 0.1) is 24.4 Å². The number of hydrogen-bond acceptors (Lipinski definition) is 4. The van der Waals surface area contributed by atoms with Crippen LogP contribution in [-0.4, -0.2) is 40.1 Å². The van der Waals surface area contributed by atoms with Gasteiger partial charge in [0.2, 0.25) is 0 Å². The molecule has 2 heterocycles. The summed E-state index contributed by atoms with van der Waals surface area (Å²) >= 11 is 0. The molecule has 1 fully saturated rings. The Kier molecular flexibility index (Phi) is 4.81. The predicted octanol–water partition coefficient (Wildman–Crippen LogP) is 3.03. The van der Waals surface area contributed by atoms with Crippen molar-refractivity contribution in [3.8, 4) is 5.75 Å². The van der Waals surface area contributed by atoms with Crippen molar-refractivity contribution in [1.82, 2.24) is 9.88 Å². The lowest BCUT2D eigenvalue weighted by Crippen LogP contribution is -2.48. The monoisotopic (exact) mass is 326 g/mol. The van der Waals surface area contributed by atoms with E-state index in [-0.39, 0.29) is 23.9 Å². The lowest BCUT2D eigenvalue weighted by atomic mass is 10.0. The first-order chi connectivity index (χ1) is 11.5. The molecule has 2 aromatic rings. The largest absolute Gasteiger partial charge is 0.506 e. The van der Waals surface area contributed by atoms with Crippen molar-refractivity contribution >= 4 is 5.91 Å². The molecule has 3 rings (SSSR count). The van der Waals surface area contributed by atoms with Crippen molar-refractivity contribution in [2.75, 3.05) is 13.1 Å².